The number of aliphatic hydroxyl groups is 1. The highest BCUT2D eigenvalue weighted by Crippen LogP contribution is 2.14. The maximum Gasteiger partial charge on any atom is 0.326 e. The molecule has 1 aromatic rings. The van der Waals surface area contributed by atoms with Crippen molar-refractivity contribution in [3.8, 4) is 5.75 Å². The zero-order valence-electron chi connectivity index (χ0n) is 15.8. The van der Waals surface area contributed by atoms with E-state index in [0.29, 0.717) is 31.6 Å². The second-order valence-corrected chi connectivity index (χ2v) is 6.17. The van der Waals surface area contributed by atoms with Crippen LogP contribution in [-0.4, -0.2) is 65.7 Å². The molecule has 0 saturated carbocycles. The average molecular weight is 380 g/mol. The summed E-state index contributed by atoms with van der Waals surface area (Å²) in [6, 6.07) is 6.13. The number of carbonyl (C=O) groups is 3. The summed E-state index contributed by atoms with van der Waals surface area (Å²) in [7, 11) is 1.43. The van der Waals surface area contributed by atoms with Crippen molar-refractivity contribution in [3.05, 3.63) is 29.8 Å². The van der Waals surface area contributed by atoms with E-state index in [1.807, 2.05) is 6.92 Å². The number of nitrogens with one attached hydrogen (secondary N) is 1. The molecular weight excluding hydrogens is 352 g/mol. The molecule has 8 heteroatoms. The van der Waals surface area contributed by atoms with Gasteiger partial charge in [-0.2, -0.15) is 0 Å². The van der Waals surface area contributed by atoms with Crippen LogP contribution in [0.15, 0.2) is 24.3 Å². The smallest absolute Gasteiger partial charge is 0.326 e. The third-order valence-electron chi connectivity index (χ3n) is 3.98. The van der Waals surface area contributed by atoms with Crippen LogP contribution < -0.4 is 10.1 Å². The third-order valence-corrected chi connectivity index (χ3v) is 3.98. The summed E-state index contributed by atoms with van der Waals surface area (Å²) in [5.74, 6) is -1.25. The molecule has 3 N–H and O–H groups in total. The number of amides is 2. The largest absolute Gasteiger partial charge is 0.493 e. The minimum Gasteiger partial charge on any atom is -0.493 e. The topological polar surface area (TPSA) is 116 Å². The first-order valence-electron chi connectivity index (χ1n) is 8.96. The molecule has 0 aliphatic rings. The van der Waals surface area contributed by atoms with Gasteiger partial charge in [0.1, 0.15) is 11.8 Å². The zero-order chi connectivity index (χ0) is 20.2. The minimum absolute atomic E-state index is 0.0472. The van der Waals surface area contributed by atoms with Crippen molar-refractivity contribution >= 4 is 17.8 Å². The molecule has 0 aliphatic heterocycles. The van der Waals surface area contributed by atoms with Crippen LogP contribution in [0.4, 0.5) is 0 Å². The predicted octanol–water partition coefficient (Wildman–Crippen LogP) is 0.818. The molecule has 150 valence electrons. The lowest BCUT2D eigenvalue weighted by molar-refractivity contribution is -0.149. The van der Waals surface area contributed by atoms with Crippen molar-refractivity contribution in [3.63, 3.8) is 0 Å². The first-order chi connectivity index (χ1) is 12.9. The summed E-state index contributed by atoms with van der Waals surface area (Å²) < 4.78 is 5.46. The normalized spacial score (nSPS) is 11.5. The van der Waals surface area contributed by atoms with Gasteiger partial charge in [-0.15, -0.1) is 0 Å². The van der Waals surface area contributed by atoms with Crippen molar-refractivity contribution < 1.29 is 29.3 Å². The number of rotatable bonds is 12. The number of ether oxygens (including phenoxy) is 1. The molecule has 0 bridgehead atoms. The van der Waals surface area contributed by atoms with Gasteiger partial charge in [-0.25, -0.2) is 4.79 Å². The van der Waals surface area contributed by atoms with Crippen LogP contribution in [0.5, 0.6) is 5.75 Å². The molecule has 0 fully saturated rings. The second kappa shape index (κ2) is 11.9. The summed E-state index contributed by atoms with van der Waals surface area (Å²) >= 11 is 0. The van der Waals surface area contributed by atoms with Crippen molar-refractivity contribution in [1.29, 1.82) is 0 Å². The Hall–Kier alpha value is -2.61. The molecule has 0 heterocycles. The number of benzene rings is 1. The van der Waals surface area contributed by atoms with Crippen molar-refractivity contribution in [2.75, 3.05) is 26.8 Å². The lowest BCUT2D eigenvalue weighted by Gasteiger charge is -2.24. The van der Waals surface area contributed by atoms with E-state index in [4.69, 9.17) is 9.84 Å². The van der Waals surface area contributed by atoms with E-state index in [9.17, 15) is 19.5 Å². The zero-order valence-corrected chi connectivity index (χ0v) is 15.8. The van der Waals surface area contributed by atoms with Gasteiger partial charge in [0, 0.05) is 20.1 Å². The Bertz CT molecular complexity index is 634. The number of carboxylic acid groups (broad SMARTS) is 1. The molecule has 1 unspecified atom stereocenters. The molecule has 27 heavy (non-hydrogen) atoms. The van der Waals surface area contributed by atoms with E-state index in [1.165, 1.54) is 7.05 Å². The Kier molecular flexibility index (Phi) is 9.89. The minimum atomic E-state index is -1.06. The summed E-state index contributed by atoms with van der Waals surface area (Å²) in [6.45, 7) is 2.02. The fraction of sp³-hybridized carbons (Fsp3) is 0.526. The molecular formula is C19H28N2O6. The molecule has 0 aliphatic carbocycles. The van der Waals surface area contributed by atoms with Gasteiger partial charge in [0.05, 0.1) is 19.6 Å². The Balaban J connectivity index is 2.51. The summed E-state index contributed by atoms with van der Waals surface area (Å²) in [5.41, 5.74) is 0.726. The average Bonchev–Trinajstić information content (AvgIpc) is 2.64. The molecule has 1 atom stereocenters. The number of likely N-dealkylation sites (N-methyl/N-ethyl adjacent to an activating group) is 1. The Morgan fingerprint density at radius 1 is 1.30 bits per heavy atom. The van der Waals surface area contributed by atoms with Gasteiger partial charge in [0.25, 0.3) is 0 Å². The number of aliphatic hydroxyl groups excluding tert-OH is 1. The van der Waals surface area contributed by atoms with Crippen molar-refractivity contribution in [1.82, 2.24) is 10.2 Å². The van der Waals surface area contributed by atoms with Crippen molar-refractivity contribution in [2.24, 2.45) is 0 Å². The second-order valence-electron chi connectivity index (χ2n) is 6.17. The molecule has 1 rings (SSSR count). The van der Waals surface area contributed by atoms with Gasteiger partial charge >= 0.3 is 5.97 Å². The van der Waals surface area contributed by atoms with Crippen LogP contribution in [-0.2, 0) is 20.8 Å². The molecule has 8 nitrogen and oxygen atoms in total. The van der Waals surface area contributed by atoms with E-state index in [2.05, 4.69) is 5.32 Å². The van der Waals surface area contributed by atoms with E-state index < -0.39 is 17.9 Å². The van der Waals surface area contributed by atoms with E-state index in [0.717, 1.165) is 10.5 Å². The van der Waals surface area contributed by atoms with Crippen LogP contribution in [0, 0.1) is 0 Å². The molecule has 0 aromatic heterocycles. The Morgan fingerprint density at radius 2 is 2.04 bits per heavy atom. The highest BCUT2D eigenvalue weighted by molar-refractivity contribution is 5.88. The van der Waals surface area contributed by atoms with Crippen LogP contribution >= 0.6 is 0 Å². The van der Waals surface area contributed by atoms with Crippen LogP contribution in [0.1, 0.15) is 31.7 Å². The summed E-state index contributed by atoms with van der Waals surface area (Å²) in [4.78, 5) is 36.6. The Labute approximate surface area is 159 Å². The predicted molar refractivity (Wildman–Crippen MR) is 99.5 cm³/mol. The maximum atomic E-state index is 12.1. The van der Waals surface area contributed by atoms with Gasteiger partial charge in [-0.1, -0.05) is 25.5 Å². The van der Waals surface area contributed by atoms with Crippen LogP contribution in [0.2, 0.25) is 0 Å². The number of carbonyl (C=O) groups excluding carboxylic acids is 2. The highest BCUT2D eigenvalue weighted by atomic mass is 16.5. The van der Waals surface area contributed by atoms with Crippen LogP contribution in [0.25, 0.3) is 0 Å². The summed E-state index contributed by atoms with van der Waals surface area (Å²) in [5, 5.41) is 20.5. The lowest BCUT2D eigenvalue weighted by atomic mass is 10.1. The Morgan fingerprint density at radius 3 is 2.67 bits per heavy atom. The summed E-state index contributed by atoms with van der Waals surface area (Å²) in [6.07, 6.45) is 1.59. The van der Waals surface area contributed by atoms with Crippen LogP contribution in [0.3, 0.4) is 0 Å². The van der Waals surface area contributed by atoms with Crippen molar-refractivity contribution in [2.45, 2.75) is 38.6 Å². The first-order valence-corrected chi connectivity index (χ1v) is 8.96. The number of nitrogens with zero attached hydrogens (tertiary/aromatic N) is 1. The highest BCUT2D eigenvalue weighted by Gasteiger charge is 2.25. The first kappa shape index (κ1) is 22.4. The van der Waals surface area contributed by atoms with E-state index in [1.54, 1.807) is 24.3 Å². The molecule has 0 spiro atoms. The molecule has 1 aromatic carbocycles. The monoisotopic (exact) mass is 380 g/mol. The fourth-order valence-corrected chi connectivity index (χ4v) is 2.48. The number of hydrogen-bond donors (Lipinski definition) is 3. The van der Waals surface area contributed by atoms with Gasteiger partial charge in [0.15, 0.2) is 0 Å². The van der Waals surface area contributed by atoms with Gasteiger partial charge in [-0.3, -0.25) is 9.59 Å². The molecule has 0 saturated heterocycles. The lowest BCUT2D eigenvalue weighted by Crippen LogP contribution is -2.46. The van der Waals surface area contributed by atoms with Gasteiger partial charge in [-0.05, 0) is 24.1 Å². The third kappa shape index (κ3) is 8.08. The van der Waals surface area contributed by atoms with Gasteiger partial charge < -0.3 is 25.2 Å². The molecule has 0 radical (unpaired) electrons. The van der Waals surface area contributed by atoms with Gasteiger partial charge in [0.2, 0.25) is 11.8 Å². The number of aliphatic carboxylic acids is 1. The SMILES string of the molecule is CCCC(C(=O)O)N(C)C(=O)CNC(=O)Cc1cccc(OCCCO)c1. The number of hydrogen-bond acceptors (Lipinski definition) is 5. The van der Waals surface area contributed by atoms with E-state index >= 15 is 0 Å². The molecule has 2 amide bonds. The fourth-order valence-electron chi connectivity index (χ4n) is 2.48. The standard InChI is InChI=1S/C19H28N2O6/c1-3-6-16(19(25)26)21(2)18(24)13-20-17(23)12-14-7-4-8-15(11-14)27-10-5-9-22/h4,7-8,11,16,22H,3,5-6,9-10,12-13H2,1-2H3,(H,20,23)(H,25,26). The number of carboxylic acids is 1. The quantitative estimate of drug-likeness (QED) is 0.462. The maximum absolute atomic E-state index is 12.1. The van der Waals surface area contributed by atoms with E-state index in [-0.39, 0.29) is 25.5 Å².